The first-order chi connectivity index (χ1) is 8.21. The van der Waals surface area contributed by atoms with E-state index in [0.29, 0.717) is 0 Å². The summed E-state index contributed by atoms with van der Waals surface area (Å²) >= 11 is 0. The molecule has 100 valence electrons. The van der Waals surface area contributed by atoms with Crippen molar-refractivity contribution in [3.63, 3.8) is 0 Å². The Morgan fingerprint density at radius 2 is 1.65 bits per heavy atom. The molecular weight excluding hydrogens is 206 g/mol. The molecule has 0 unspecified atom stereocenters. The highest BCUT2D eigenvalue weighted by Gasteiger charge is 2.03. The highest BCUT2D eigenvalue weighted by Crippen LogP contribution is 2.14. The van der Waals surface area contributed by atoms with Crippen LogP contribution in [0, 0.1) is 0 Å². The molecule has 0 aliphatic rings. The van der Waals surface area contributed by atoms with Gasteiger partial charge in [-0.05, 0) is 37.9 Å². The second-order valence-corrected chi connectivity index (χ2v) is 4.55. The Kier molecular flexibility index (Phi) is 10.2. The molecule has 17 heavy (non-hydrogen) atoms. The minimum absolute atomic E-state index is 1.11. The van der Waals surface area contributed by atoms with Crippen LogP contribution in [0.25, 0.3) is 0 Å². The van der Waals surface area contributed by atoms with Gasteiger partial charge in [0.25, 0.3) is 0 Å². The van der Waals surface area contributed by atoms with E-state index in [1.165, 1.54) is 24.8 Å². The van der Waals surface area contributed by atoms with E-state index in [-0.39, 0.29) is 0 Å². The van der Waals surface area contributed by atoms with E-state index in [0.717, 1.165) is 26.1 Å². The molecule has 0 heterocycles. The predicted octanol–water partition coefficient (Wildman–Crippen LogP) is 4.80. The molecule has 0 aromatic rings. The lowest BCUT2D eigenvalue weighted by molar-refractivity contribution is 0.332. The molecule has 0 aromatic heterocycles. The van der Waals surface area contributed by atoms with Crippen molar-refractivity contribution in [2.75, 3.05) is 19.6 Å². The highest BCUT2D eigenvalue weighted by molar-refractivity contribution is 5.25. The molecular formula is C16H31N. The van der Waals surface area contributed by atoms with Crippen LogP contribution in [0.5, 0.6) is 0 Å². The maximum Gasteiger partial charge on any atom is 0.0230 e. The quantitative estimate of drug-likeness (QED) is 0.521. The molecule has 0 saturated heterocycles. The molecule has 1 heteroatoms. The van der Waals surface area contributed by atoms with Gasteiger partial charge in [0, 0.05) is 6.54 Å². The van der Waals surface area contributed by atoms with Gasteiger partial charge in [0.1, 0.15) is 0 Å². The van der Waals surface area contributed by atoms with Crippen molar-refractivity contribution in [3.05, 3.63) is 23.3 Å². The maximum atomic E-state index is 2.48. The second kappa shape index (κ2) is 10.6. The van der Waals surface area contributed by atoms with Crippen LogP contribution in [-0.4, -0.2) is 24.5 Å². The monoisotopic (exact) mass is 237 g/mol. The molecule has 0 N–H and O–H groups in total. The van der Waals surface area contributed by atoms with Crippen LogP contribution in [-0.2, 0) is 0 Å². The molecule has 0 saturated carbocycles. The smallest absolute Gasteiger partial charge is 0.0230 e. The highest BCUT2D eigenvalue weighted by atomic mass is 15.1. The number of hydrogen-bond acceptors (Lipinski definition) is 1. The van der Waals surface area contributed by atoms with Crippen LogP contribution in [0.15, 0.2) is 23.3 Å². The molecule has 0 aliphatic heterocycles. The summed E-state index contributed by atoms with van der Waals surface area (Å²) in [5.74, 6) is 0. The summed E-state index contributed by atoms with van der Waals surface area (Å²) in [6, 6.07) is 0. The van der Waals surface area contributed by atoms with Crippen LogP contribution in [0.3, 0.4) is 0 Å². The summed E-state index contributed by atoms with van der Waals surface area (Å²) < 4.78 is 0. The Morgan fingerprint density at radius 1 is 1.00 bits per heavy atom. The van der Waals surface area contributed by atoms with Crippen LogP contribution in [0.4, 0.5) is 0 Å². The standard InChI is InChI=1S/C16H31N/c1-6-11-15(8-3)13-16(12-7-2)14-17(9-4)10-5/h12-13H,6-11,14H2,1-5H3/b15-13-,16-12+. The van der Waals surface area contributed by atoms with E-state index < -0.39 is 0 Å². The zero-order valence-corrected chi connectivity index (χ0v) is 12.6. The van der Waals surface area contributed by atoms with Gasteiger partial charge in [-0.1, -0.05) is 58.8 Å². The fourth-order valence-electron chi connectivity index (χ4n) is 2.07. The SMILES string of the molecule is CC/C=C(\C=C(\CC)CCC)CN(CC)CC. The van der Waals surface area contributed by atoms with Crippen LogP contribution in [0.2, 0.25) is 0 Å². The van der Waals surface area contributed by atoms with Crippen LogP contribution in [0.1, 0.15) is 60.3 Å². The van der Waals surface area contributed by atoms with Crippen LogP contribution >= 0.6 is 0 Å². The van der Waals surface area contributed by atoms with Gasteiger partial charge in [-0.25, -0.2) is 0 Å². The van der Waals surface area contributed by atoms with Crippen molar-refractivity contribution in [3.8, 4) is 0 Å². The molecule has 0 atom stereocenters. The second-order valence-electron chi connectivity index (χ2n) is 4.55. The normalized spacial score (nSPS) is 13.5. The third kappa shape index (κ3) is 7.38. The van der Waals surface area contributed by atoms with Crippen molar-refractivity contribution in [1.82, 2.24) is 4.90 Å². The Labute approximate surface area is 109 Å². The topological polar surface area (TPSA) is 3.24 Å². The number of nitrogens with zero attached hydrogens (tertiary/aromatic N) is 1. The van der Waals surface area contributed by atoms with E-state index in [1.54, 1.807) is 5.57 Å². The van der Waals surface area contributed by atoms with Crippen LogP contribution < -0.4 is 0 Å². The number of hydrogen-bond donors (Lipinski definition) is 0. The summed E-state index contributed by atoms with van der Waals surface area (Å²) in [5.41, 5.74) is 3.10. The summed E-state index contributed by atoms with van der Waals surface area (Å²) in [5, 5.41) is 0. The summed E-state index contributed by atoms with van der Waals surface area (Å²) in [6.45, 7) is 14.6. The lowest BCUT2D eigenvalue weighted by Gasteiger charge is -2.19. The van der Waals surface area contributed by atoms with Gasteiger partial charge < -0.3 is 0 Å². The molecule has 0 aliphatic carbocycles. The van der Waals surface area contributed by atoms with Crippen molar-refractivity contribution in [2.45, 2.75) is 60.3 Å². The lowest BCUT2D eigenvalue weighted by atomic mass is 10.0. The average molecular weight is 237 g/mol. The third-order valence-corrected chi connectivity index (χ3v) is 3.18. The third-order valence-electron chi connectivity index (χ3n) is 3.18. The molecule has 0 fully saturated rings. The van der Waals surface area contributed by atoms with E-state index in [1.807, 2.05) is 0 Å². The summed E-state index contributed by atoms with van der Waals surface area (Å²) in [7, 11) is 0. The Morgan fingerprint density at radius 3 is 2.06 bits per heavy atom. The van der Waals surface area contributed by atoms with Gasteiger partial charge in [-0.3, -0.25) is 4.90 Å². The molecule has 0 rings (SSSR count). The predicted molar refractivity (Wildman–Crippen MR) is 79.4 cm³/mol. The van der Waals surface area contributed by atoms with Crippen molar-refractivity contribution >= 4 is 0 Å². The van der Waals surface area contributed by atoms with Gasteiger partial charge in [0.05, 0.1) is 0 Å². The van der Waals surface area contributed by atoms with E-state index in [9.17, 15) is 0 Å². The molecule has 0 bridgehead atoms. The zero-order valence-electron chi connectivity index (χ0n) is 12.6. The van der Waals surface area contributed by atoms with Gasteiger partial charge in [-0.15, -0.1) is 0 Å². The first-order valence-corrected chi connectivity index (χ1v) is 7.32. The number of rotatable bonds is 9. The van der Waals surface area contributed by atoms with Gasteiger partial charge >= 0.3 is 0 Å². The first-order valence-electron chi connectivity index (χ1n) is 7.32. The van der Waals surface area contributed by atoms with Crippen molar-refractivity contribution in [2.24, 2.45) is 0 Å². The average Bonchev–Trinajstić information content (AvgIpc) is 2.35. The molecule has 0 aromatic carbocycles. The minimum atomic E-state index is 1.11. The number of likely N-dealkylation sites (N-methyl/N-ethyl adjacent to an activating group) is 1. The zero-order chi connectivity index (χ0) is 13.1. The van der Waals surface area contributed by atoms with Gasteiger partial charge in [0.2, 0.25) is 0 Å². The first kappa shape index (κ1) is 16.4. The van der Waals surface area contributed by atoms with Crippen molar-refractivity contribution in [1.29, 1.82) is 0 Å². The molecule has 0 amide bonds. The maximum absolute atomic E-state index is 2.48. The Bertz CT molecular complexity index is 234. The van der Waals surface area contributed by atoms with E-state index in [2.05, 4.69) is 51.7 Å². The molecule has 1 nitrogen and oxygen atoms in total. The van der Waals surface area contributed by atoms with Gasteiger partial charge in [0.15, 0.2) is 0 Å². The van der Waals surface area contributed by atoms with Gasteiger partial charge in [-0.2, -0.15) is 0 Å². The van der Waals surface area contributed by atoms with Crippen molar-refractivity contribution < 1.29 is 0 Å². The fraction of sp³-hybridized carbons (Fsp3) is 0.750. The minimum Gasteiger partial charge on any atom is -0.300 e. The Balaban J connectivity index is 4.67. The fourth-order valence-corrected chi connectivity index (χ4v) is 2.07. The summed E-state index contributed by atoms with van der Waals surface area (Å²) in [6.07, 6.45) is 9.64. The lowest BCUT2D eigenvalue weighted by Crippen LogP contribution is -2.25. The Hall–Kier alpha value is -0.560. The summed E-state index contributed by atoms with van der Waals surface area (Å²) in [4.78, 5) is 2.48. The molecule has 0 radical (unpaired) electrons. The van der Waals surface area contributed by atoms with E-state index in [4.69, 9.17) is 0 Å². The van der Waals surface area contributed by atoms with E-state index >= 15 is 0 Å². The molecule has 0 spiro atoms. The largest absolute Gasteiger partial charge is 0.300 e. The number of allylic oxidation sites excluding steroid dienone is 2.